The summed E-state index contributed by atoms with van der Waals surface area (Å²) < 4.78 is 5.39. The van der Waals surface area contributed by atoms with E-state index >= 15 is 0 Å². The van der Waals surface area contributed by atoms with Crippen molar-refractivity contribution in [2.45, 2.75) is 13.3 Å². The highest BCUT2D eigenvalue weighted by Gasteiger charge is 2.22. The molecule has 1 N–H and O–H groups in total. The molecule has 0 aliphatic rings. The molecule has 0 saturated heterocycles. The van der Waals surface area contributed by atoms with Gasteiger partial charge in [0.15, 0.2) is 5.76 Å². The Bertz CT molecular complexity index is 603. The van der Waals surface area contributed by atoms with Crippen molar-refractivity contribution in [1.82, 2.24) is 0 Å². The van der Waals surface area contributed by atoms with Crippen LogP contribution in [0.15, 0.2) is 46.9 Å². The summed E-state index contributed by atoms with van der Waals surface area (Å²) in [6.45, 7) is 1.50. The van der Waals surface area contributed by atoms with Gasteiger partial charge >= 0.3 is 5.97 Å². The summed E-state index contributed by atoms with van der Waals surface area (Å²) in [6, 6.07) is 12.0. The van der Waals surface area contributed by atoms with Crippen LogP contribution in [0.5, 0.6) is 0 Å². The smallest absolute Gasteiger partial charge is 0.323 e. The molecule has 20 heavy (non-hydrogen) atoms. The van der Waals surface area contributed by atoms with Gasteiger partial charge in [0.2, 0.25) is 0 Å². The quantitative estimate of drug-likeness (QED) is 0.908. The van der Waals surface area contributed by atoms with E-state index in [-0.39, 0.29) is 5.76 Å². The minimum absolute atomic E-state index is 0.145. The Morgan fingerprint density at radius 2 is 1.85 bits per heavy atom. The van der Waals surface area contributed by atoms with Crippen molar-refractivity contribution in [1.29, 1.82) is 0 Å². The third kappa shape index (κ3) is 3.06. The Morgan fingerprint density at radius 3 is 2.40 bits per heavy atom. The molecule has 5 heteroatoms. The van der Waals surface area contributed by atoms with Crippen LogP contribution in [0, 0.1) is 0 Å². The van der Waals surface area contributed by atoms with Gasteiger partial charge in [-0.1, -0.05) is 25.1 Å². The molecular weight excluding hydrogens is 258 g/mol. The fourth-order valence-electron chi connectivity index (χ4n) is 1.84. The number of hydrogen-bond donors (Lipinski definition) is 1. The van der Waals surface area contributed by atoms with E-state index in [2.05, 4.69) is 0 Å². The molecule has 0 fully saturated rings. The number of rotatable bonds is 5. The number of para-hydroxylation sites is 1. The number of furan rings is 1. The van der Waals surface area contributed by atoms with E-state index < -0.39 is 18.4 Å². The summed E-state index contributed by atoms with van der Waals surface area (Å²) in [5.41, 5.74) is 0.523. The first-order valence-electron chi connectivity index (χ1n) is 6.29. The first-order chi connectivity index (χ1) is 9.61. The maximum Gasteiger partial charge on any atom is 0.323 e. The van der Waals surface area contributed by atoms with E-state index in [1.165, 1.54) is 4.90 Å². The third-order valence-corrected chi connectivity index (χ3v) is 2.83. The molecule has 1 aromatic carbocycles. The molecular formula is C15H15NO4. The molecule has 0 aliphatic carbocycles. The van der Waals surface area contributed by atoms with Gasteiger partial charge in [0, 0.05) is 12.1 Å². The van der Waals surface area contributed by atoms with Gasteiger partial charge in [-0.05, 0) is 24.3 Å². The molecule has 0 spiro atoms. The number of carbonyl (C=O) groups is 2. The van der Waals surface area contributed by atoms with Crippen LogP contribution < -0.4 is 4.90 Å². The Balaban J connectivity index is 2.31. The van der Waals surface area contributed by atoms with Crippen molar-refractivity contribution >= 4 is 17.6 Å². The topological polar surface area (TPSA) is 70.8 Å². The fraction of sp³-hybridized carbons (Fsp3) is 0.200. The molecule has 1 amide bonds. The van der Waals surface area contributed by atoms with Crippen molar-refractivity contribution < 1.29 is 19.1 Å². The number of aliphatic carboxylic acids is 1. The van der Waals surface area contributed by atoms with Gasteiger partial charge in [-0.2, -0.15) is 0 Å². The standard InChI is InChI=1S/C15H15NO4/c1-2-12-8-9-13(20-12)15(19)16(10-14(17)18)11-6-4-3-5-7-11/h3-9H,2,10H2,1H3,(H,17,18). The van der Waals surface area contributed by atoms with Gasteiger partial charge in [-0.15, -0.1) is 0 Å². The minimum Gasteiger partial charge on any atom is -0.480 e. The molecule has 1 aromatic heterocycles. The number of anilines is 1. The maximum atomic E-state index is 12.4. The van der Waals surface area contributed by atoms with Crippen LogP contribution in [0.4, 0.5) is 5.69 Å². The van der Waals surface area contributed by atoms with Crippen LogP contribution in [-0.2, 0) is 11.2 Å². The van der Waals surface area contributed by atoms with Crippen molar-refractivity contribution in [2.24, 2.45) is 0 Å². The second kappa shape index (κ2) is 6.06. The van der Waals surface area contributed by atoms with Crippen molar-refractivity contribution in [3.05, 3.63) is 54.0 Å². The first kappa shape index (κ1) is 13.9. The van der Waals surface area contributed by atoms with Crippen LogP contribution in [0.2, 0.25) is 0 Å². The molecule has 0 atom stereocenters. The number of amides is 1. The molecule has 0 saturated carbocycles. The molecule has 0 unspecified atom stereocenters. The lowest BCUT2D eigenvalue weighted by Gasteiger charge is -2.19. The van der Waals surface area contributed by atoms with Gasteiger partial charge in [0.05, 0.1) is 0 Å². The van der Waals surface area contributed by atoms with Crippen LogP contribution in [0.3, 0.4) is 0 Å². The molecule has 2 rings (SSSR count). The summed E-state index contributed by atoms with van der Waals surface area (Å²) in [7, 11) is 0. The highest BCUT2D eigenvalue weighted by Crippen LogP contribution is 2.18. The average Bonchev–Trinajstić information content (AvgIpc) is 2.94. The summed E-state index contributed by atoms with van der Waals surface area (Å²) in [5.74, 6) is -0.702. The molecule has 0 bridgehead atoms. The minimum atomic E-state index is -1.08. The lowest BCUT2D eigenvalue weighted by molar-refractivity contribution is -0.135. The maximum absolute atomic E-state index is 12.4. The average molecular weight is 273 g/mol. The number of aryl methyl sites for hydroxylation is 1. The van der Waals surface area contributed by atoms with Gasteiger partial charge in [0.25, 0.3) is 5.91 Å². The Kier molecular flexibility index (Phi) is 4.20. The number of nitrogens with zero attached hydrogens (tertiary/aromatic N) is 1. The zero-order valence-electron chi connectivity index (χ0n) is 11.1. The summed E-state index contributed by atoms with van der Waals surface area (Å²) in [5, 5.41) is 8.97. The van der Waals surface area contributed by atoms with Gasteiger partial charge < -0.3 is 9.52 Å². The largest absolute Gasteiger partial charge is 0.480 e. The molecule has 0 radical (unpaired) electrons. The molecule has 104 valence electrons. The number of carboxylic acid groups (broad SMARTS) is 1. The van der Waals surface area contributed by atoms with E-state index in [0.29, 0.717) is 17.9 Å². The molecule has 2 aromatic rings. The molecule has 1 heterocycles. The van der Waals surface area contributed by atoms with Crippen molar-refractivity contribution in [3.8, 4) is 0 Å². The van der Waals surface area contributed by atoms with Gasteiger partial charge in [0.1, 0.15) is 12.3 Å². The van der Waals surface area contributed by atoms with E-state index in [4.69, 9.17) is 9.52 Å². The predicted octanol–water partition coefficient (Wildman–Crippen LogP) is 2.57. The second-order valence-electron chi connectivity index (χ2n) is 4.24. The first-order valence-corrected chi connectivity index (χ1v) is 6.29. The Labute approximate surface area is 116 Å². The van der Waals surface area contributed by atoms with E-state index in [9.17, 15) is 9.59 Å². The number of benzene rings is 1. The van der Waals surface area contributed by atoms with Crippen LogP contribution >= 0.6 is 0 Å². The Hall–Kier alpha value is -2.56. The van der Waals surface area contributed by atoms with E-state index in [1.807, 2.05) is 6.92 Å². The number of carbonyl (C=O) groups excluding carboxylic acids is 1. The lowest BCUT2D eigenvalue weighted by Crippen LogP contribution is -2.35. The Morgan fingerprint density at radius 1 is 1.15 bits per heavy atom. The normalized spacial score (nSPS) is 10.2. The number of carboxylic acids is 1. The highest BCUT2D eigenvalue weighted by molar-refractivity contribution is 6.06. The van der Waals surface area contributed by atoms with Crippen molar-refractivity contribution in [2.75, 3.05) is 11.4 Å². The predicted molar refractivity (Wildman–Crippen MR) is 73.8 cm³/mol. The number of hydrogen-bond acceptors (Lipinski definition) is 3. The van der Waals surface area contributed by atoms with Crippen LogP contribution in [-0.4, -0.2) is 23.5 Å². The zero-order valence-corrected chi connectivity index (χ0v) is 11.1. The third-order valence-electron chi connectivity index (χ3n) is 2.83. The van der Waals surface area contributed by atoms with Gasteiger partial charge in [-0.3, -0.25) is 14.5 Å². The fourth-order valence-corrected chi connectivity index (χ4v) is 1.84. The lowest BCUT2D eigenvalue weighted by atomic mass is 10.2. The van der Waals surface area contributed by atoms with E-state index in [1.54, 1.807) is 42.5 Å². The summed E-state index contributed by atoms with van der Waals surface area (Å²) in [4.78, 5) is 24.5. The summed E-state index contributed by atoms with van der Waals surface area (Å²) >= 11 is 0. The molecule has 5 nitrogen and oxygen atoms in total. The zero-order chi connectivity index (χ0) is 14.5. The second-order valence-corrected chi connectivity index (χ2v) is 4.24. The molecule has 0 aliphatic heterocycles. The van der Waals surface area contributed by atoms with Crippen molar-refractivity contribution in [3.63, 3.8) is 0 Å². The SMILES string of the molecule is CCc1ccc(C(=O)N(CC(=O)O)c2ccccc2)o1. The van der Waals surface area contributed by atoms with Crippen LogP contribution in [0.25, 0.3) is 0 Å². The monoisotopic (exact) mass is 273 g/mol. The summed E-state index contributed by atoms with van der Waals surface area (Å²) in [6.07, 6.45) is 0.678. The van der Waals surface area contributed by atoms with Gasteiger partial charge in [-0.25, -0.2) is 0 Å². The highest BCUT2D eigenvalue weighted by atomic mass is 16.4. The van der Waals surface area contributed by atoms with E-state index in [0.717, 1.165) is 0 Å². The van der Waals surface area contributed by atoms with Crippen LogP contribution in [0.1, 0.15) is 23.2 Å².